The molecule has 0 bridgehead atoms. The lowest BCUT2D eigenvalue weighted by Crippen LogP contribution is -2.26. The van der Waals surface area contributed by atoms with Crippen LogP contribution in [0.15, 0.2) is 77.2 Å². The van der Waals surface area contributed by atoms with Crippen molar-refractivity contribution in [3.05, 3.63) is 83.9 Å². The lowest BCUT2D eigenvalue weighted by atomic mass is 9.90. The van der Waals surface area contributed by atoms with Crippen LogP contribution in [-0.4, -0.2) is 28.5 Å². The monoisotopic (exact) mass is 483 g/mol. The number of fused-ring (bicyclic) bond motifs is 1. The van der Waals surface area contributed by atoms with Crippen molar-refractivity contribution in [3.63, 3.8) is 0 Å². The van der Waals surface area contributed by atoms with E-state index < -0.39 is 5.97 Å². The number of oxazole rings is 1. The molecule has 3 aromatic carbocycles. The third-order valence-electron chi connectivity index (χ3n) is 6.78. The van der Waals surface area contributed by atoms with E-state index in [1.165, 1.54) is 31.2 Å². The Morgan fingerprint density at radius 1 is 0.972 bits per heavy atom. The van der Waals surface area contributed by atoms with E-state index >= 15 is 0 Å². The Kier molecular flexibility index (Phi) is 6.98. The van der Waals surface area contributed by atoms with Crippen molar-refractivity contribution in [1.82, 2.24) is 10.3 Å². The molecule has 1 heterocycles. The Morgan fingerprint density at radius 2 is 1.69 bits per heavy atom. The molecule has 0 saturated heterocycles. The largest absolute Gasteiger partial charge is 0.481 e. The summed E-state index contributed by atoms with van der Waals surface area (Å²) in [5, 5.41) is 15.1. The minimum Gasteiger partial charge on any atom is -0.481 e. The van der Waals surface area contributed by atoms with E-state index in [4.69, 9.17) is 9.52 Å². The zero-order valence-corrected chi connectivity index (χ0v) is 19.9. The number of amides is 1. The van der Waals surface area contributed by atoms with Crippen molar-refractivity contribution >= 4 is 28.7 Å². The maximum atomic E-state index is 12.3. The predicted molar refractivity (Wildman–Crippen MR) is 139 cm³/mol. The van der Waals surface area contributed by atoms with Gasteiger partial charge in [0.1, 0.15) is 5.52 Å². The zero-order chi connectivity index (χ0) is 24.9. The molecule has 5 rings (SSSR count). The normalized spacial score (nSPS) is 14.6. The van der Waals surface area contributed by atoms with Crippen molar-refractivity contribution in [1.29, 1.82) is 0 Å². The first-order valence-corrected chi connectivity index (χ1v) is 12.4. The molecular weight excluding hydrogens is 454 g/mol. The summed E-state index contributed by atoms with van der Waals surface area (Å²) < 4.78 is 5.93. The minimum absolute atomic E-state index is 0.0976. The molecule has 36 heavy (non-hydrogen) atoms. The topological polar surface area (TPSA) is 104 Å². The standard InChI is InChI=1S/C29H29N3O4/c33-26(34)17-18-30-28(35)21-13-15-23(16-14-21)31-27(19-5-1-2-6-19)20-9-11-22(12-10-20)29-32-24-7-3-4-8-25(24)36-29/h3-4,7-16,19,27,31H,1-2,5-6,17-18H2,(H,30,35)(H,33,34)/t27-/m0/s1. The van der Waals surface area contributed by atoms with E-state index in [2.05, 4.69) is 39.9 Å². The number of carboxylic acids is 1. The molecule has 1 fully saturated rings. The van der Waals surface area contributed by atoms with Crippen LogP contribution in [0.4, 0.5) is 5.69 Å². The Balaban J connectivity index is 1.31. The molecule has 3 N–H and O–H groups in total. The van der Waals surface area contributed by atoms with Crippen molar-refractivity contribution in [2.45, 2.75) is 38.1 Å². The molecule has 0 aliphatic heterocycles. The highest BCUT2D eigenvalue weighted by molar-refractivity contribution is 5.94. The summed E-state index contributed by atoms with van der Waals surface area (Å²) in [5.41, 5.74) is 5.22. The number of rotatable bonds is 9. The maximum Gasteiger partial charge on any atom is 0.305 e. The first-order chi connectivity index (χ1) is 17.6. The average molecular weight is 484 g/mol. The van der Waals surface area contributed by atoms with Crippen LogP contribution in [0.3, 0.4) is 0 Å². The van der Waals surface area contributed by atoms with Crippen LogP contribution >= 0.6 is 0 Å². The van der Waals surface area contributed by atoms with Crippen molar-refractivity contribution in [2.24, 2.45) is 5.92 Å². The number of carbonyl (C=O) groups excluding carboxylic acids is 1. The average Bonchev–Trinajstić information content (AvgIpc) is 3.58. The molecule has 1 saturated carbocycles. The molecule has 1 amide bonds. The van der Waals surface area contributed by atoms with E-state index in [-0.39, 0.29) is 24.9 Å². The van der Waals surface area contributed by atoms with Gasteiger partial charge in [-0.25, -0.2) is 4.98 Å². The number of carbonyl (C=O) groups is 2. The summed E-state index contributed by atoms with van der Waals surface area (Å²) in [6.45, 7) is 0.109. The highest BCUT2D eigenvalue weighted by Gasteiger charge is 2.26. The Bertz CT molecular complexity index is 1310. The van der Waals surface area contributed by atoms with Gasteiger partial charge in [0.15, 0.2) is 5.58 Å². The SMILES string of the molecule is O=C(O)CCNC(=O)c1ccc(N[C@H](c2ccc(-c3nc4ccccc4o3)cc2)C2CCCC2)cc1. The number of aromatic nitrogens is 1. The van der Waals surface area contributed by atoms with E-state index in [9.17, 15) is 9.59 Å². The molecule has 4 aromatic rings. The van der Waals surface area contributed by atoms with Crippen molar-refractivity contribution in [3.8, 4) is 11.5 Å². The first-order valence-electron chi connectivity index (χ1n) is 12.4. The number of hydrogen-bond donors (Lipinski definition) is 3. The summed E-state index contributed by atoms with van der Waals surface area (Å²) in [6, 6.07) is 23.7. The lowest BCUT2D eigenvalue weighted by Gasteiger charge is -2.26. The number of anilines is 1. The molecule has 0 spiro atoms. The van der Waals surface area contributed by atoms with Crippen LogP contribution in [0, 0.1) is 5.92 Å². The van der Waals surface area contributed by atoms with Gasteiger partial charge >= 0.3 is 5.97 Å². The highest BCUT2D eigenvalue weighted by Crippen LogP contribution is 2.38. The molecule has 1 aliphatic rings. The van der Waals surface area contributed by atoms with Gasteiger partial charge in [0.25, 0.3) is 5.91 Å². The van der Waals surface area contributed by atoms with Crippen LogP contribution in [0.2, 0.25) is 0 Å². The van der Waals surface area contributed by atoms with Gasteiger partial charge in [-0.05, 0) is 72.9 Å². The third-order valence-corrected chi connectivity index (χ3v) is 6.78. The van der Waals surface area contributed by atoms with Gasteiger partial charge in [-0.1, -0.05) is 37.1 Å². The molecule has 7 nitrogen and oxygen atoms in total. The quantitative estimate of drug-likeness (QED) is 0.268. The van der Waals surface area contributed by atoms with Gasteiger partial charge in [0.05, 0.1) is 12.5 Å². The Morgan fingerprint density at radius 3 is 2.39 bits per heavy atom. The van der Waals surface area contributed by atoms with Crippen molar-refractivity contribution in [2.75, 3.05) is 11.9 Å². The molecule has 1 aliphatic carbocycles. The third kappa shape index (κ3) is 5.40. The van der Waals surface area contributed by atoms with E-state index in [0.717, 1.165) is 22.4 Å². The van der Waals surface area contributed by atoms with E-state index in [1.54, 1.807) is 12.1 Å². The number of para-hydroxylation sites is 2. The van der Waals surface area contributed by atoms with Crippen LogP contribution in [-0.2, 0) is 4.79 Å². The first kappa shape index (κ1) is 23.6. The molecule has 1 atom stereocenters. The van der Waals surface area contributed by atoms with Gasteiger partial charge in [-0.2, -0.15) is 0 Å². The number of hydrogen-bond acceptors (Lipinski definition) is 5. The van der Waals surface area contributed by atoms with Crippen molar-refractivity contribution < 1.29 is 19.1 Å². The number of carboxylic acid groups (broad SMARTS) is 1. The lowest BCUT2D eigenvalue weighted by molar-refractivity contribution is -0.136. The zero-order valence-electron chi connectivity index (χ0n) is 19.9. The number of nitrogens with one attached hydrogen (secondary N) is 2. The molecule has 1 aromatic heterocycles. The second-order valence-corrected chi connectivity index (χ2v) is 9.25. The number of benzene rings is 3. The summed E-state index contributed by atoms with van der Waals surface area (Å²) in [6.07, 6.45) is 4.72. The fraction of sp³-hybridized carbons (Fsp3) is 0.276. The Labute approximate surface area is 209 Å². The fourth-order valence-corrected chi connectivity index (χ4v) is 4.88. The summed E-state index contributed by atoms with van der Waals surface area (Å²) in [4.78, 5) is 27.5. The van der Waals surface area contributed by atoms with Crippen LogP contribution in [0.1, 0.15) is 54.1 Å². The molecule has 184 valence electrons. The van der Waals surface area contributed by atoms with Crippen LogP contribution < -0.4 is 10.6 Å². The van der Waals surface area contributed by atoms with Gasteiger partial charge in [0.2, 0.25) is 5.89 Å². The number of aliphatic carboxylic acids is 1. The van der Waals surface area contributed by atoms with Crippen LogP contribution in [0.25, 0.3) is 22.6 Å². The number of nitrogens with zero attached hydrogens (tertiary/aromatic N) is 1. The van der Waals surface area contributed by atoms with Gasteiger partial charge in [0, 0.05) is 23.4 Å². The second kappa shape index (κ2) is 10.6. The predicted octanol–water partition coefficient (Wildman–Crippen LogP) is 6.04. The second-order valence-electron chi connectivity index (χ2n) is 9.25. The van der Waals surface area contributed by atoms with E-state index in [0.29, 0.717) is 17.4 Å². The minimum atomic E-state index is -0.935. The summed E-state index contributed by atoms with van der Waals surface area (Å²) in [7, 11) is 0. The summed E-state index contributed by atoms with van der Waals surface area (Å²) in [5.74, 6) is -0.0656. The molecule has 0 unspecified atom stereocenters. The molecule has 0 radical (unpaired) electrons. The summed E-state index contributed by atoms with van der Waals surface area (Å²) >= 11 is 0. The maximum absolute atomic E-state index is 12.3. The van der Waals surface area contributed by atoms with Crippen LogP contribution in [0.5, 0.6) is 0 Å². The van der Waals surface area contributed by atoms with Gasteiger partial charge in [-0.3, -0.25) is 9.59 Å². The molecular formula is C29H29N3O4. The van der Waals surface area contributed by atoms with Gasteiger partial charge < -0.3 is 20.2 Å². The smallest absolute Gasteiger partial charge is 0.305 e. The fourth-order valence-electron chi connectivity index (χ4n) is 4.88. The molecule has 7 heteroatoms. The van der Waals surface area contributed by atoms with E-state index in [1.807, 2.05) is 36.4 Å². The Hall–Kier alpha value is -4.13. The van der Waals surface area contributed by atoms with Gasteiger partial charge in [-0.15, -0.1) is 0 Å². The highest BCUT2D eigenvalue weighted by atomic mass is 16.4.